The molecule has 0 heterocycles. The molecule has 0 aliphatic carbocycles. The van der Waals surface area contributed by atoms with Gasteiger partial charge in [-0.05, 0) is 80.0 Å². The maximum Gasteiger partial charge on any atom is 0.326 e. The number of benzene rings is 2. The van der Waals surface area contributed by atoms with E-state index in [9.17, 15) is 44.4 Å². The van der Waals surface area contributed by atoms with E-state index < -0.39 is 71.8 Å². The number of aliphatic hydroxyl groups is 1. The van der Waals surface area contributed by atoms with Crippen molar-refractivity contribution in [2.45, 2.75) is 135 Å². The first-order valence-corrected chi connectivity index (χ1v) is 19.4. The van der Waals surface area contributed by atoms with E-state index in [-0.39, 0.29) is 43.1 Å². The molecule has 0 bridgehead atoms. The van der Waals surface area contributed by atoms with Crippen LogP contribution in [-0.2, 0) is 36.8 Å². The molecule has 0 radical (unpaired) electrons. The zero-order valence-electron chi connectivity index (χ0n) is 33.1. The number of phenols is 2. The molecule has 6 atom stereocenters. The molecule has 0 saturated heterocycles. The van der Waals surface area contributed by atoms with Crippen LogP contribution in [0.1, 0.15) is 97.1 Å². The molecule has 0 aromatic heterocycles. The first-order chi connectivity index (χ1) is 26.1. The number of carbonyl (C=O) groups is 5. The second kappa shape index (κ2) is 24.0. The lowest BCUT2D eigenvalue weighted by molar-refractivity contribution is -0.142. The van der Waals surface area contributed by atoms with Crippen LogP contribution in [-0.4, -0.2) is 93.4 Å². The number of carbonyl (C=O) groups excluding carboxylic acids is 4. The fraction of sp³-hybridized carbons (Fsp3) is 0.585. The van der Waals surface area contributed by atoms with Crippen LogP contribution in [0.2, 0.25) is 0 Å². The smallest absolute Gasteiger partial charge is 0.326 e. The molecule has 0 aliphatic heterocycles. The molecule has 0 spiro atoms. The fourth-order valence-electron chi connectivity index (χ4n) is 6.20. The highest BCUT2D eigenvalue weighted by atomic mass is 16.4. The highest BCUT2D eigenvalue weighted by Crippen LogP contribution is 2.16. The Morgan fingerprint density at radius 3 is 1.69 bits per heavy atom. The average Bonchev–Trinajstić information content (AvgIpc) is 3.13. The van der Waals surface area contributed by atoms with E-state index >= 15 is 0 Å². The predicted octanol–water partition coefficient (Wildman–Crippen LogP) is 3.31. The van der Waals surface area contributed by atoms with Crippen molar-refractivity contribution in [1.29, 1.82) is 0 Å². The van der Waals surface area contributed by atoms with Gasteiger partial charge in [0.2, 0.25) is 17.7 Å². The monoisotopic (exact) mass is 769 g/mol. The Balaban J connectivity index is 2.26. The summed E-state index contributed by atoms with van der Waals surface area (Å²) in [7, 11) is 1.67. The lowest BCUT2D eigenvalue weighted by atomic mass is 9.98. The van der Waals surface area contributed by atoms with Crippen LogP contribution >= 0.6 is 0 Å². The second-order valence-corrected chi connectivity index (χ2v) is 15.0. The van der Waals surface area contributed by atoms with Crippen molar-refractivity contribution in [3.63, 3.8) is 0 Å². The fourth-order valence-corrected chi connectivity index (χ4v) is 6.20. The van der Waals surface area contributed by atoms with E-state index in [0.717, 1.165) is 37.7 Å². The third-order valence-electron chi connectivity index (χ3n) is 9.51. The number of aryl methyl sites for hydroxylation is 1. The Morgan fingerprint density at radius 2 is 1.16 bits per heavy atom. The molecule has 2 aromatic carbocycles. The van der Waals surface area contributed by atoms with Gasteiger partial charge in [0.05, 0.1) is 0 Å². The summed E-state index contributed by atoms with van der Waals surface area (Å²) in [6, 6.07) is 6.94. The van der Waals surface area contributed by atoms with Gasteiger partial charge in [-0.2, -0.15) is 0 Å². The predicted molar refractivity (Wildman–Crippen MR) is 210 cm³/mol. The Labute approximate surface area is 325 Å². The molecule has 14 nitrogen and oxygen atoms in total. The van der Waals surface area contributed by atoms with Gasteiger partial charge < -0.3 is 47.0 Å². The minimum atomic E-state index is -1.41. The number of carboxylic acid groups (broad SMARTS) is 1. The van der Waals surface area contributed by atoms with Gasteiger partial charge in [-0.3, -0.25) is 19.2 Å². The van der Waals surface area contributed by atoms with Gasteiger partial charge in [0, 0.05) is 12.5 Å². The largest absolute Gasteiger partial charge is 0.508 e. The summed E-state index contributed by atoms with van der Waals surface area (Å²) >= 11 is 0. The number of carboxylic acids is 1. The van der Waals surface area contributed by atoms with Crippen molar-refractivity contribution in [3.8, 4) is 11.5 Å². The number of aromatic hydroxyl groups is 2. The molecule has 0 aliphatic rings. The Kier molecular flexibility index (Phi) is 20.2. The molecule has 2 aromatic rings. The van der Waals surface area contributed by atoms with Crippen LogP contribution < -0.4 is 26.6 Å². The van der Waals surface area contributed by atoms with Crippen molar-refractivity contribution >= 4 is 29.6 Å². The highest BCUT2D eigenvalue weighted by molar-refractivity contribution is 5.95. The summed E-state index contributed by atoms with van der Waals surface area (Å²) in [5, 5.41) is 53.9. The lowest BCUT2D eigenvalue weighted by Crippen LogP contribution is -2.60. The number of phenolic OH excluding ortho intramolecular Hbond substituents is 2. The number of amides is 4. The van der Waals surface area contributed by atoms with Gasteiger partial charge in [0.1, 0.15) is 41.8 Å². The maximum atomic E-state index is 13.9. The normalized spacial score (nSPS) is 14.6. The number of unbranched alkanes of at least 4 members (excludes halogenated alkanes) is 4. The number of likely N-dealkylation sites (N-methyl/N-ethyl adjacent to an activating group) is 1. The molecule has 14 heteroatoms. The molecule has 0 fully saturated rings. The van der Waals surface area contributed by atoms with Crippen molar-refractivity contribution in [2.24, 2.45) is 11.8 Å². The van der Waals surface area contributed by atoms with Crippen LogP contribution in [0.5, 0.6) is 11.5 Å². The van der Waals surface area contributed by atoms with Gasteiger partial charge in [-0.15, -0.1) is 0 Å². The van der Waals surface area contributed by atoms with Crippen LogP contribution in [0.15, 0.2) is 48.5 Å². The highest BCUT2D eigenvalue weighted by Gasteiger charge is 2.34. The number of nitrogens with one attached hydrogen (secondary N) is 5. The number of hydrogen-bond donors (Lipinski definition) is 9. The number of aliphatic carboxylic acids is 1. The zero-order chi connectivity index (χ0) is 41.1. The summed E-state index contributed by atoms with van der Waals surface area (Å²) in [6.07, 6.45) is 4.72. The topological polar surface area (TPSA) is 226 Å². The molecular weight excluding hydrogens is 706 g/mol. The van der Waals surface area contributed by atoms with Crippen molar-refractivity contribution in [2.75, 3.05) is 7.05 Å². The van der Waals surface area contributed by atoms with Gasteiger partial charge >= 0.3 is 5.97 Å². The van der Waals surface area contributed by atoms with E-state index in [4.69, 9.17) is 0 Å². The Hall–Kier alpha value is -4.69. The number of hydrogen-bond acceptors (Lipinski definition) is 9. The molecule has 0 saturated carbocycles. The summed E-state index contributed by atoms with van der Waals surface area (Å²) in [4.78, 5) is 66.8. The third kappa shape index (κ3) is 16.7. The molecule has 6 unspecified atom stereocenters. The lowest BCUT2D eigenvalue weighted by Gasteiger charge is -2.29. The minimum absolute atomic E-state index is 0.00493. The maximum absolute atomic E-state index is 13.9. The van der Waals surface area contributed by atoms with Gasteiger partial charge in [0.15, 0.2) is 0 Å². The van der Waals surface area contributed by atoms with E-state index in [1.807, 2.05) is 13.8 Å². The molecule has 2 rings (SSSR count). The summed E-state index contributed by atoms with van der Waals surface area (Å²) in [6.45, 7) is 9.32. The van der Waals surface area contributed by atoms with Gasteiger partial charge in [0.25, 0.3) is 5.91 Å². The molecule has 4 amide bonds. The third-order valence-corrected chi connectivity index (χ3v) is 9.51. The van der Waals surface area contributed by atoms with Crippen LogP contribution in [0.3, 0.4) is 0 Å². The van der Waals surface area contributed by atoms with Gasteiger partial charge in [-0.1, -0.05) is 91.0 Å². The van der Waals surface area contributed by atoms with E-state index in [0.29, 0.717) is 12.0 Å². The molecule has 9 N–H and O–H groups in total. The van der Waals surface area contributed by atoms with Crippen LogP contribution in [0.4, 0.5) is 0 Å². The summed E-state index contributed by atoms with van der Waals surface area (Å²) in [5.41, 5.74) is 1.31. The standard InChI is InChI=1S/C41H63N5O9/c1-7-8-9-10-11-12-31(42-6)36(49)40(53)46-35(26(4)5)39(52)44-33(23-25(2)3)38(51)43-32(22-17-27-13-18-29(47)19-14-27)37(50)45-34(41(54)55)24-28-15-20-30(48)21-16-28/h13-16,18-21,25-26,31-36,42,47-49H,7-12,17,22-24H2,1-6H3,(H,43,51)(H,44,52)(H,45,50)(H,46,53)(H,54,55). The summed E-state index contributed by atoms with van der Waals surface area (Å²) in [5.74, 6) is -4.50. The van der Waals surface area contributed by atoms with E-state index in [2.05, 4.69) is 33.5 Å². The van der Waals surface area contributed by atoms with Crippen LogP contribution in [0, 0.1) is 11.8 Å². The Bertz CT molecular complexity index is 1500. The van der Waals surface area contributed by atoms with Crippen molar-refractivity contribution < 1.29 is 44.4 Å². The Morgan fingerprint density at radius 1 is 0.636 bits per heavy atom. The average molecular weight is 770 g/mol. The number of aliphatic hydroxyl groups excluding tert-OH is 1. The van der Waals surface area contributed by atoms with E-state index in [1.165, 1.54) is 24.3 Å². The molecule has 306 valence electrons. The van der Waals surface area contributed by atoms with Crippen molar-refractivity contribution in [1.82, 2.24) is 26.6 Å². The second-order valence-electron chi connectivity index (χ2n) is 15.0. The van der Waals surface area contributed by atoms with Crippen LogP contribution in [0.25, 0.3) is 0 Å². The molecule has 55 heavy (non-hydrogen) atoms. The number of rotatable bonds is 25. The minimum Gasteiger partial charge on any atom is -0.508 e. The quantitative estimate of drug-likeness (QED) is 0.0670. The first-order valence-electron chi connectivity index (χ1n) is 19.4. The first kappa shape index (κ1) is 46.5. The van der Waals surface area contributed by atoms with E-state index in [1.54, 1.807) is 45.2 Å². The van der Waals surface area contributed by atoms with Gasteiger partial charge in [-0.25, -0.2) is 4.79 Å². The molecular formula is C41H63N5O9. The summed E-state index contributed by atoms with van der Waals surface area (Å²) < 4.78 is 0. The SMILES string of the molecule is CCCCCCCC(NC)C(O)C(=O)NC(C(=O)NC(CC(C)C)C(=O)NC(CCc1ccc(O)cc1)C(=O)NC(Cc1ccc(O)cc1)C(=O)O)C(C)C. The van der Waals surface area contributed by atoms with Crippen molar-refractivity contribution in [3.05, 3.63) is 59.7 Å². The zero-order valence-corrected chi connectivity index (χ0v) is 33.1.